The summed E-state index contributed by atoms with van der Waals surface area (Å²) in [6.07, 6.45) is 1.94. The lowest BCUT2D eigenvalue weighted by atomic mass is 9.98. The van der Waals surface area contributed by atoms with Crippen molar-refractivity contribution in [3.63, 3.8) is 0 Å². The minimum Gasteiger partial charge on any atom is -0.478 e. The third kappa shape index (κ3) is 4.39. The number of piperidine rings is 1. The minimum absolute atomic E-state index is 0.0268. The smallest absolute Gasteiger partial charge is 0.335 e. The van der Waals surface area contributed by atoms with Gasteiger partial charge >= 0.3 is 5.97 Å². The molecule has 144 valence electrons. The lowest BCUT2D eigenvalue weighted by Gasteiger charge is -2.33. The van der Waals surface area contributed by atoms with Crippen LogP contribution in [0.3, 0.4) is 0 Å². The van der Waals surface area contributed by atoms with E-state index in [0.717, 1.165) is 38.1 Å². The minimum atomic E-state index is -4.06. The summed E-state index contributed by atoms with van der Waals surface area (Å²) >= 11 is 0. The Kier molecular flexibility index (Phi) is 5.36. The summed E-state index contributed by atoms with van der Waals surface area (Å²) in [5.74, 6) is -1.23. The standard InChI is InChI=1S/C19H21FN2O4S/c1-13-7-9-22(10-8-13)18-6-5-14(19(23)24)11-17(18)21-27(25,26)16-4-2-3-15(20)12-16/h2-6,11-13,21H,7-10H2,1H3,(H,23,24). The van der Waals surface area contributed by atoms with Gasteiger partial charge in [0.1, 0.15) is 5.82 Å². The molecule has 6 nitrogen and oxygen atoms in total. The van der Waals surface area contributed by atoms with E-state index in [-0.39, 0.29) is 16.1 Å². The predicted molar refractivity (Wildman–Crippen MR) is 101 cm³/mol. The van der Waals surface area contributed by atoms with Crippen molar-refractivity contribution >= 4 is 27.4 Å². The molecule has 1 aliphatic rings. The monoisotopic (exact) mass is 392 g/mol. The van der Waals surface area contributed by atoms with Crippen LogP contribution in [0.1, 0.15) is 30.1 Å². The lowest BCUT2D eigenvalue weighted by molar-refractivity contribution is 0.0697. The van der Waals surface area contributed by atoms with Crippen molar-refractivity contribution in [1.82, 2.24) is 0 Å². The Morgan fingerprint density at radius 2 is 1.89 bits per heavy atom. The van der Waals surface area contributed by atoms with Crippen molar-refractivity contribution in [3.8, 4) is 0 Å². The van der Waals surface area contributed by atoms with E-state index in [4.69, 9.17) is 0 Å². The average Bonchev–Trinajstić information content (AvgIpc) is 2.62. The van der Waals surface area contributed by atoms with Crippen molar-refractivity contribution < 1.29 is 22.7 Å². The number of halogens is 1. The van der Waals surface area contributed by atoms with Crippen LogP contribution < -0.4 is 9.62 Å². The summed E-state index contributed by atoms with van der Waals surface area (Å²) in [6, 6.07) is 9.04. The highest BCUT2D eigenvalue weighted by atomic mass is 32.2. The van der Waals surface area contributed by atoms with E-state index in [0.29, 0.717) is 11.6 Å². The molecule has 0 saturated carbocycles. The highest BCUT2D eigenvalue weighted by Gasteiger charge is 2.23. The maximum Gasteiger partial charge on any atom is 0.335 e. The van der Waals surface area contributed by atoms with E-state index in [1.165, 1.54) is 24.3 Å². The van der Waals surface area contributed by atoms with E-state index < -0.39 is 21.8 Å². The third-order valence-electron chi connectivity index (χ3n) is 4.72. The van der Waals surface area contributed by atoms with Gasteiger partial charge in [0, 0.05) is 13.1 Å². The van der Waals surface area contributed by atoms with Gasteiger partial charge in [0.25, 0.3) is 10.0 Å². The number of hydrogen-bond donors (Lipinski definition) is 2. The summed E-state index contributed by atoms with van der Waals surface area (Å²) in [4.78, 5) is 13.1. The third-order valence-corrected chi connectivity index (χ3v) is 6.08. The molecule has 0 radical (unpaired) electrons. The Morgan fingerprint density at radius 1 is 1.19 bits per heavy atom. The van der Waals surface area contributed by atoms with Crippen molar-refractivity contribution in [1.29, 1.82) is 0 Å². The van der Waals surface area contributed by atoms with Gasteiger partial charge < -0.3 is 10.0 Å². The second kappa shape index (κ2) is 7.56. The second-order valence-corrected chi connectivity index (χ2v) is 8.45. The zero-order valence-electron chi connectivity index (χ0n) is 14.9. The topological polar surface area (TPSA) is 86.7 Å². The molecule has 2 aromatic carbocycles. The largest absolute Gasteiger partial charge is 0.478 e. The summed E-state index contributed by atoms with van der Waals surface area (Å²) in [6.45, 7) is 3.67. The van der Waals surface area contributed by atoms with Gasteiger partial charge in [-0.15, -0.1) is 0 Å². The van der Waals surface area contributed by atoms with E-state index in [1.807, 2.05) is 4.90 Å². The van der Waals surface area contributed by atoms with Gasteiger partial charge in [-0.2, -0.15) is 0 Å². The fraction of sp³-hybridized carbons (Fsp3) is 0.316. The zero-order chi connectivity index (χ0) is 19.6. The van der Waals surface area contributed by atoms with E-state index in [2.05, 4.69) is 11.6 Å². The molecule has 1 saturated heterocycles. The first-order valence-electron chi connectivity index (χ1n) is 8.67. The molecule has 27 heavy (non-hydrogen) atoms. The fourth-order valence-corrected chi connectivity index (χ4v) is 4.21. The van der Waals surface area contributed by atoms with Crippen LogP contribution in [0, 0.1) is 11.7 Å². The molecular weight excluding hydrogens is 371 g/mol. The molecule has 0 unspecified atom stereocenters. The molecule has 3 rings (SSSR count). The lowest BCUT2D eigenvalue weighted by Crippen LogP contribution is -2.33. The first-order chi connectivity index (χ1) is 12.8. The molecule has 0 aromatic heterocycles. The number of nitrogens with one attached hydrogen (secondary N) is 1. The SMILES string of the molecule is CC1CCN(c2ccc(C(=O)O)cc2NS(=O)(=O)c2cccc(F)c2)CC1. The molecule has 0 bridgehead atoms. The molecular formula is C19H21FN2O4S. The Morgan fingerprint density at radius 3 is 2.52 bits per heavy atom. The van der Waals surface area contributed by atoms with Crippen LogP contribution in [-0.2, 0) is 10.0 Å². The molecule has 0 atom stereocenters. The number of benzene rings is 2. The average molecular weight is 392 g/mol. The number of carboxylic acid groups (broad SMARTS) is 1. The number of nitrogens with zero attached hydrogens (tertiary/aromatic N) is 1. The molecule has 8 heteroatoms. The van der Waals surface area contributed by atoms with Crippen molar-refractivity contribution in [2.45, 2.75) is 24.7 Å². The number of rotatable bonds is 5. The summed E-state index contributed by atoms with van der Waals surface area (Å²) < 4.78 is 41.2. The maximum absolute atomic E-state index is 13.4. The Hall–Kier alpha value is -2.61. The summed E-state index contributed by atoms with van der Waals surface area (Å²) in [7, 11) is -4.06. The van der Waals surface area contributed by atoms with Gasteiger partial charge in [-0.1, -0.05) is 13.0 Å². The van der Waals surface area contributed by atoms with Crippen LogP contribution in [-0.4, -0.2) is 32.6 Å². The van der Waals surface area contributed by atoms with Gasteiger partial charge in [-0.25, -0.2) is 17.6 Å². The Balaban J connectivity index is 1.99. The van der Waals surface area contributed by atoms with Gasteiger partial charge in [0.2, 0.25) is 0 Å². The molecule has 2 aromatic rings. The van der Waals surface area contributed by atoms with Crippen molar-refractivity contribution in [3.05, 3.63) is 53.8 Å². The van der Waals surface area contributed by atoms with Gasteiger partial charge in [0.05, 0.1) is 21.8 Å². The number of carboxylic acids is 1. The van der Waals surface area contributed by atoms with Crippen LogP contribution in [0.2, 0.25) is 0 Å². The molecule has 0 spiro atoms. The molecule has 2 N–H and O–H groups in total. The summed E-state index contributed by atoms with van der Waals surface area (Å²) in [5.41, 5.74) is 0.765. The number of hydrogen-bond acceptors (Lipinski definition) is 4. The molecule has 1 heterocycles. The number of sulfonamides is 1. The number of anilines is 2. The van der Waals surface area contributed by atoms with Crippen LogP contribution in [0.15, 0.2) is 47.4 Å². The van der Waals surface area contributed by atoms with E-state index in [9.17, 15) is 22.7 Å². The van der Waals surface area contributed by atoms with Crippen LogP contribution in [0.25, 0.3) is 0 Å². The van der Waals surface area contributed by atoms with E-state index in [1.54, 1.807) is 6.07 Å². The quantitative estimate of drug-likeness (QED) is 0.812. The predicted octanol–water partition coefficient (Wildman–Crippen LogP) is 3.56. The van der Waals surface area contributed by atoms with Crippen LogP contribution in [0.5, 0.6) is 0 Å². The first kappa shape index (κ1) is 19.2. The van der Waals surface area contributed by atoms with Crippen LogP contribution in [0.4, 0.5) is 15.8 Å². The van der Waals surface area contributed by atoms with Crippen molar-refractivity contribution in [2.24, 2.45) is 5.92 Å². The summed E-state index contributed by atoms with van der Waals surface area (Å²) in [5, 5.41) is 9.26. The molecule has 1 fully saturated rings. The normalized spacial score (nSPS) is 15.6. The molecule has 0 aliphatic carbocycles. The Labute approximate surface area is 157 Å². The van der Waals surface area contributed by atoms with Crippen molar-refractivity contribution in [2.75, 3.05) is 22.7 Å². The van der Waals surface area contributed by atoms with Gasteiger partial charge in [0.15, 0.2) is 0 Å². The highest BCUT2D eigenvalue weighted by molar-refractivity contribution is 7.92. The highest BCUT2D eigenvalue weighted by Crippen LogP contribution is 2.32. The number of carbonyl (C=O) groups is 1. The van der Waals surface area contributed by atoms with Gasteiger partial charge in [-0.3, -0.25) is 4.72 Å². The fourth-order valence-electron chi connectivity index (χ4n) is 3.11. The maximum atomic E-state index is 13.4. The number of aromatic carboxylic acids is 1. The Bertz CT molecular complexity index is 954. The second-order valence-electron chi connectivity index (χ2n) is 6.77. The molecule has 0 amide bonds. The molecule has 1 aliphatic heterocycles. The zero-order valence-corrected chi connectivity index (χ0v) is 15.7. The van der Waals surface area contributed by atoms with E-state index >= 15 is 0 Å². The van der Waals surface area contributed by atoms with Gasteiger partial charge in [-0.05, 0) is 55.2 Å². The van der Waals surface area contributed by atoms with Crippen LogP contribution >= 0.6 is 0 Å². The first-order valence-corrected chi connectivity index (χ1v) is 10.2.